The maximum absolute atomic E-state index is 5.83. The van der Waals surface area contributed by atoms with Crippen LogP contribution in [0, 0.1) is 0 Å². The summed E-state index contributed by atoms with van der Waals surface area (Å²) in [7, 11) is 4.96. The molecule has 7 heteroatoms. The van der Waals surface area contributed by atoms with Crippen molar-refractivity contribution in [1.29, 1.82) is 0 Å². The molecule has 7 nitrogen and oxygen atoms in total. The number of pyridine rings is 1. The molecule has 0 fully saturated rings. The molecular weight excluding hydrogens is 296 g/mol. The Balaban J connectivity index is 2.02. The van der Waals surface area contributed by atoms with Gasteiger partial charge in [-0.2, -0.15) is 0 Å². The summed E-state index contributed by atoms with van der Waals surface area (Å²) in [4.78, 5) is 12.7. The molecular formula is C16H16N4O3. The zero-order valence-corrected chi connectivity index (χ0v) is 13.0. The molecule has 0 saturated carbocycles. The number of hydrogen-bond acceptors (Lipinski definition) is 7. The second kappa shape index (κ2) is 6.35. The van der Waals surface area contributed by atoms with E-state index in [0.29, 0.717) is 28.6 Å². The van der Waals surface area contributed by atoms with Gasteiger partial charge in [0.25, 0.3) is 0 Å². The van der Waals surface area contributed by atoms with Crippen molar-refractivity contribution in [2.24, 2.45) is 0 Å². The van der Waals surface area contributed by atoms with E-state index in [2.05, 4.69) is 20.3 Å². The van der Waals surface area contributed by atoms with E-state index in [-0.39, 0.29) is 0 Å². The molecule has 0 spiro atoms. The third-order valence-electron chi connectivity index (χ3n) is 3.31. The smallest absolute Gasteiger partial charge is 0.230 e. The fourth-order valence-corrected chi connectivity index (χ4v) is 2.14. The van der Waals surface area contributed by atoms with Gasteiger partial charge in [-0.3, -0.25) is 0 Å². The zero-order chi connectivity index (χ0) is 16.2. The lowest BCUT2D eigenvalue weighted by atomic mass is 10.2. The highest BCUT2D eigenvalue weighted by Crippen LogP contribution is 2.35. The van der Waals surface area contributed by atoms with Crippen molar-refractivity contribution in [2.75, 3.05) is 26.6 Å². The van der Waals surface area contributed by atoms with Gasteiger partial charge in [0, 0.05) is 13.1 Å². The summed E-state index contributed by atoms with van der Waals surface area (Å²) < 4.78 is 16.4. The van der Waals surface area contributed by atoms with Crippen LogP contribution in [0.5, 0.6) is 23.1 Å². The highest BCUT2D eigenvalue weighted by molar-refractivity contribution is 5.86. The van der Waals surface area contributed by atoms with Gasteiger partial charge in [0.15, 0.2) is 11.5 Å². The molecule has 2 heterocycles. The monoisotopic (exact) mass is 312 g/mol. The molecule has 3 rings (SSSR count). The van der Waals surface area contributed by atoms with E-state index in [9.17, 15) is 0 Å². The Labute approximate surface area is 133 Å². The molecule has 0 aliphatic heterocycles. The molecule has 0 amide bonds. The summed E-state index contributed by atoms with van der Waals surface area (Å²) in [5.74, 6) is 2.96. The summed E-state index contributed by atoms with van der Waals surface area (Å²) in [6, 6.07) is 7.21. The fourth-order valence-electron chi connectivity index (χ4n) is 2.14. The number of aromatic nitrogens is 3. The molecule has 0 unspecified atom stereocenters. The molecule has 3 aromatic rings. The van der Waals surface area contributed by atoms with Gasteiger partial charge in [-0.1, -0.05) is 0 Å². The Bertz CT molecular complexity index is 821. The number of anilines is 1. The number of fused-ring (bicyclic) bond motifs is 1. The normalized spacial score (nSPS) is 10.4. The maximum atomic E-state index is 5.83. The lowest BCUT2D eigenvalue weighted by molar-refractivity contribution is 0.355. The van der Waals surface area contributed by atoms with Gasteiger partial charge in [-0.25, -0.2) is 15.0 Å². The van der Waals surface area contributed by atoms with Gasteiger partial charge in [0.1, 0.15) is 17.9 Å². The first-order chi connectivity index (χ1) is 11.2. The summed E-state index contributed by atoms with van der Waals surface area (Å²) in [6.45, 7) is 0. The molecule has 0 saturated heterocycles. The van der Waals surface area contributed by atoms with Crippen molar-refractivity contribution >= 4 is 16.7 Å². The average Bonchev–Trinajstić information content (AvgIpc) is 2.61. The van der Waals surface area contributed by atoms with Crippen LogP contribution in [-0.4, -0.2) is 36.2 Å². The van der Waals surface area contributed by atoms with Crippen LogP contribution in [0.2, 0.25) is 0 Å². The number of nitrogens with one attached hydrogen (secondary N) is 1. The van der Waals surface area contributed by atoms with Crippen LogP contribution in [0.4, 0.5) is 5.82 Å². The molecule has 23 heavy (non-hydrogen) atoms. The number of benzene rings is 1. The highest BCUT2D eigenvalue weighted by atomic mass is 16.5. The van der Waals surface area contributed by atoms with Gasteiger partial charge < -0.3 is 19.5 Å². The summed E-state index contributed by atoms with van der Waals surface area (Å²) in [6.07, 6.45) is 3.07. The predicted octanol–water partition coefficient (Wildman–Crippen LogP) is 2.88. The number of rotatable bonds is 5. The van der Waals surface area contributed by atoms with E-state index >= 15 is 0 Å². The van der Waals surface area contributed by atoms with Crippen molar-refractivity contribution < 1.29 is 14.2 Å². The summed E-state index contributed by atoms with van der Waals surface area (Å²) >= 11 is 0. The van der Waals surface area contributed by atoms with Crippen molar-refractivity contribution in [3.8, 4) is 23.1 Å². The van der Waals surface area contributed by atoms with Crippen LogP contribution < -0.4 is 19.5 Å². The Morgan fingerprint density at radius 1 is 0.957 bits per heavy atom. The van der Waals surface area contributed by atoms with Gasteiger partial charge in [-0.05, 0) is 18.2 Å². The largest absolute Gasteiger partial charge is 0.493 e. The SMILES string of the molecule is CNc1ccc(Oc2ncnc3cc(OC)c(OC)cc23)cn1. The molecule has 1 aromatic carbocycles. The third kappa shape index (κ3) is 2.94. The lowest BCUT2D eigenvalue weighted by Crippen LogP contribution is -1.96. The van der Waals surface area contributed by atoms with Gasteiger partial charge in [0.05, 0.1) is 31.3 Å². The standard InChI is InChI=1S/C16H16N4O3/c1-17-15-5-4-10(8-18-15)23-16-11-6-13(21-2)14(22-3)7-12(11)19-9-20-16/h4-9H,1-3H3,(H,17,18). The summed E-state index contributed by atoms with van der Waals surface area (Å²) in [5, 5.41) is 3.68. The fraction of sp³-hybridized carbons (Fsp3) is 0.188. The topological polar surface area (TPSA) is 78.4 Å². The van der Waals surface area contributed by atoms with Crippen molar-refractivity contribution in [3.05, 3.63) is 36.8 Å². The van der Waals surface area contributed by atoms with Crippen molar-refractivity contribution in [2.45, 2.75) is 0 Å². The average molecular weight is 312 g/mol. The Morgan fingerprint density at radius 3 is 2.39 bits per heavy atom. The summed E-state index contributed by atoms with van der Waals surface area (Å²) in [5.41, 5.74) is 0.701. The Morgan fingerprint density at radius 2 is 1.74 bits per heavy atom. The zero-order valence-electron chi connectivity index (χ0n) is 13.0. The van der Waals surface area contributed by atoms with Crippen LogP contribution in [0.25, 0.3) is 10.9 Å². The maximum Gasteiger partial charge on any atom is 0.230 e. The molecule has 0 radical (unpaired) electrons. The molecule has 0 atom stereocenters. The first kappa shape index (κ1) is 14.8. The quantitative estimate of drug-likeness (QED) is 0.776. The highest BCUT2D eigenvalue weighted by Gasteiger charge is 2.12. The van der Waals surface area contributed by atoms with Crippen molar-refractivity contribution in [3.63, 3.8) is 0 Å². The second-order valence-electron chi connectivity index (χ2n) is 4.63. The van der Waals surface area contributed by atoms with E-state index in [1.54, 1.807) is 39.6 Å². The van der Waals surface area contributed by atoms with Gasteiger partial charge in [-0.15, -0.1) is 0 Å². The Kier molecular flexibility index (Phi) is 4.09. The first-order valence-corrected chi connectivity index (χ1v) is 6.93. The Hall–Kier alpha value is -3.09. The molecule has 118 valence electrons. The number of methoxy groups -OCH3 is 2. The van der Waals surface area contributed by atoms with Crippen LogP contribution in [0.15, 0.2) is 36.8 Å². The number of nitrogens with zero attached hydrogens (tertiary/aromatic N) is 3. The van der Waals surface area contributed by atoms with Gasteiger partial charge in [0.2, 0.25) is 5.88 Å². The van der Waals surface area contributed by atoms with Crippen molar-refractivity contribution in [1.82, 2.24) is 15.0 Å². The van der Waals surface area contributed by atoms with E-state index < -0.39 is 0 Å². The van der Waals surface area contributed by atoms with Crippen LogP contribution in [0.3, 0.4) is 0 Å². The predicted molar refractivity (Wildman–Crippen MR) is 86.5 cm³/mol. The lowest BCUT2D eigenvalue weighted by Gasteiger charge is -2.11. The third-order valence-corrected chi connectivity index (χ3v) is 3.31. The van der Waals surface area contributed by atoms with Crippen LogP contribution in [0.1, 0.15) is 0 Å². The minimum atomic E-state index is 0.426. The molecule has 0 bridgehead atoms. The van der Waals surface area contributed by atoms with Gasteiger partial charge >= 0.3 is 0 Å². The van der Waals surface area contributed by atoms with Crippen LogP contribution >= 0.6 is 0 Å². The minimum Gasteiger partial charge on any atom is -0.493 e. The minimum absolute atomic E-state index is 0.426. The molecule has 0 aliphatic carbocycles. The number of ether oxygens (including phenoxy) is 3. The van der Waals surface area contributed by atoms with E-state index in [0.717, 1.165) is 11.2 Å². The van der Waals surface area contributed by atoms with E-state index in [1.165, 1.54) is 6.33 Å². The molecule has 0 aliphatic rings. The second-order valence-corrected chi connectivity index (χ2v) is 4.63. The number of hydrogen-bond donors (Lipinski definition) is 1. The van der Waals surface area contributed by atoms with Crippen LogP contribution in [-0.2, 0) is 0 Å². The first-order valence-electron chi connectivity index (χ1n) is 6.93. The van der Waals surface area contributed by atoms with E-state index in [1.807, 2.05) is 12.1 Å². The van der Waals surface area contributed by atoms with E-state index in [4.69, 9.17) is 14.2 Å². The molecule has 2 aromatic heterocycles. The molecule has 1 N–H and O–H groups in total.